The lowest BCUT2D eigenvalue weighted by Crippen LogP contribution is -2.41. The van der Waals surface area contributed by atoms with E-state index >= 15 is 0 Å². The third-order valence-corrected chi connectivity index (χ3v) is 5.88. The fourth-order valence-electron chi connectivity index (χ4n) is 2.67. The fraction of sp³-hybridized carbons (Fsp3) is 0.500. The lowest BCUT2D eigenvalue weighted by atomic mass is 10.1. The summed E-state index contributed by atoms with van der Waals surface area (Å²) in [6, 6.07) is 6.68. The van der Waals surface area contributed by atoms with E-state index in [2.05, 4.69) is 44.3 Å². The van der Waals surface area contributed by atoms with Crippen LogP contribution in [0.3, 0.4) is 0 Å². The van der Waals surface area contributed by atoms with E-state index in [9.17, 15) is 9.11 Å². The minimum absolute atomic E-state index is 0.364. The Bertz CT molecular complexity index is 459. The molecule has 0 saturated carbocycles. The smallest absolute Gasteiger partial charge is 0.0542 e. The molecule has 0 aliphatic carbocycles. The van der Waals surface area contributed by atoms with Gasteiger partial charge in [-0.25, -0.2) is 0 Å². The van der Waals surface area contributed by atoms with E-state index < -0.39 is 10.6 Å². The first-order valence-corrected chi connectivity index (χ1v) is 8.74. The van der Waals surface area contributed by atoms with Gasteiger partial charge in [0.15, 0.2) is 0 Å². The number of rotatable bonds is 1. The van der Waals surface area contributed by atoms with Gasteiger partial charge in [0.05, 0.1) is 17.5 Å². The molecule has 18 heavy (non-hydrogen) atoms. The SMILES string of the molecule is OS1(O)CCN(C2CNc3cc(Br)ccc32)CC1. The number of nitrogens with zero attached hydrogens (tertiary/aromatic N) is 1. The topological polar surface area (TPSA) is 55.7 Å². The Balaban J connectivity index is 1.77. The van der Waals surface area contributed by atoms with Crippen LogP contribution >= 0.6 is 26.5 Å². The molecular weight excluding hydrogens is 316 g/mol. The minimum atomic E-state index is -2.30. The predicted molar refractivity (Wildman–Crippen MR) is 79.5 cm³/mol. The summed E-state index contributed by atoms with van der Waals surface area (Å²) < 4.78 is 20.4. The van der Waals surface area contributed by atoms with Crippen LogP contribution < -0.4 is 5.32 Å². The fourth-order valence-corrected chi connectivity index (χ4v) is 4.29. The summed E-state index contributed by atoms with van der Waals surface area (Å²) in [5.74, 6) is 1.02. The van der Waals surface area contributed by atoms with Gasteiger partial charge in [-0.3, -0.25) is 14.0 Å². The molecule has 1 saturated heterocycles. The van der Waals surface area contributed by atoms with Gasteiger partial charge in [-0.1, -0.05) is 22.0 Å². The highest BCUT2D eigenvalue weighted by Gasteiger charge is 2.32. The summed E-state index contributed by atoms with van der Waals surface area (Å²) in [4.78, 5) is 2.35. The van der Waals surface area contributed by atoms with Gasteiger partial charge in [0.1, 0.15) is 0 Å². The molecule has 1 unspecified atom stereocenters. The Labute approximate surface area is 117 Å². The standard InChI is InChI=1S/C12H17BrN2O2S/c13-9-1-2-10-11(7-9)14-8-12(10)15-3-5-18(16,17)6-4-15/h1-2,7,12,14,16-17H,3-6,8H2. The molecular formula is C12H17BrN2O2S. The van der Waals surface area contributed by atoms with Crippen molar-refractivity contribution in [3.63, 3.8) is 0 Å². The van der Waals surface area contributed by atoms with Crippen molar-refractivity contribution in [1.29, 1.82) is 0 Å². The second kappa shape index (κ2) is 4.68. The third kappa shape index (κ3) is 2.40. The first-order valence-electron chi connectivity index (χ1n) is 6.06. The monoisotopic (exact) mass is 332 g/mol. The predicted octanol–water partition coefficient (Wildman–Crippen LogP) is 2.98. The van der Waals surface area contributed by atoms with E-state index in [0.717, 1.165) is 24.1 Å². The van der Waals surface area contributed by atoms with Gasteiger partial charge in [0.2, 0.25) is 0 Å². The molecule has 100 valence electrons. The molecule has 0 radical (unpaired) electrons. The highest BCUT2D eigenvalue weighted by Crippen LogP contribution is 2.43. The summed E-state index contributed by atoms with van der Waals surface area (Å²) in [6.07, 6.45) is 0. The molecule has 2 aliphatic rings. The summed E-state index contributed by atoms with van der Waals surface area (Å²) in [6.45, 7) is 2.44. The second-order valence-electron chi connectivity index (χ2n) is 4.87. The number of hydrogen-bond donors (Lipinski definition) is 3. The Kier molecular flexibility index (Phi) is 3.32. The zero-order valence-electron chi connectivity index (χ0n) is 9.97. The van der Waals surface area contributed by atoms with Gasteiger partial charge >= 0.3 is 0 Å². The molecule has 3 N–H and O–H groups in total. The van der Waals surface area contributed by atoms with E-state index in [1.165, 1.54) is 11.3 Å². The molecule has 1 aromatic carbocycles. The summed E-state index contributed by atoms with van der Waals surface area (Å²) in [7, 11) is -2.30. The Morgan fingerprint density at radius 2 is 2.00 bits per heavy atom. The van der Waals surface area contributed by atoms with E-state index in [0.29, 0.717) is 17.5 Å². The summed E-state index contributed by atoms with van der Waals surface area (Å²) in [5, 5.41) is 3.42. The zero-order valence-corrected chi connectivity index (χ0v) is 12.4. The molecule has 1 aromatic rings. The van der Waals surface area contributed by atoms with Gasteiger partial charge in [0.25, 0.3) is 0 Å². The van der Waals surface area contributed by atoms with E-state index in [-0.39, 0.29) is 0 Å². The Morgan fingerprint density at radius 1 is 1.28 bits per heavy atom. The minimum Gasteiger partial charge on any atom is -0.383 e. The van der Waals surface area contributed by atoms with Crippen molar-refractivity contribution in [2.45, 2.75) is 6.04 Å². The van der Waals surface area contributed by atoms with E-state index in [1.807, 2.05) is 0 Å². The highest BCUT2D eigenvalue weighted by atomic mass is 79.9. The first kappa shape index (κ1) is 12.7. The zero-order chi connectivity index (χ0) is 12.8. The van der Waals surface area contributed by atoms with Gasteiger partial charge in [-0.15, -0.1) is 0 Å². The molecule has 0 aromatic heterocycles. The van der Waals surface area contributed by atoms with Crippen LogP contribution in [0.4, 0.5) is 5.69 Å². The van der Waals surface area contributed by atoms with E-state index in [4.69, 9.17) is 0 Å². The second-order valence-corrected chi connectivity index (χ2v) is 8.21. The molecule has 3 rings (SSSR count). The normalized spacial score (nSPS) is 28.5. The van der Waals surface area contributed by atoms with Crippen LogP contribution in [-0.2, 0) is 0 Å². The van der Waals surface area contributed by atoms with Crippen molar-refractivity contribution in [1.82, 2.24) is 4.90 Å². The van der Waals surface area contributed by atoms with Crippen molar-refractivity contribution in [2.24, 2.45) is 0 Å². The van der Waals surface area contributed by atoms with Crippen LogP contribution in [0, 0.1) is 0 Å². The lowest BCUT2D eigenvalue weighted by molar-refractivity contribution is 0.223. The van der Waals surface area contributed by atoms with Crippen LogP contribution in [0.2, 0.25) is 0 Å². The van der Waals surface area contributed by atoms with Crippen LogP contribution in [0.25, 0.3) is 0 Å². The van der Waals surface area contributed by atoms with E-state index in [1.54, 1.807) is 0 Å². The van der Waals surface area contributed by atoms with Gasteiger partial charge in [-0.2, -0.15) is 10.6 Å². The number of hydrogen-bond acceptors (Lipinski definition) is 4. The lowest BCUT2D eigenvalue weighted by Gasteiger charge is -2.43. The molecule has 4 nitrogen and oxygen atoms in total. The molecule has 2 heterocycles. The number of benzene rings is 1. The molecule has 2 aliphatic heterocycles. The van der Waals surface area contributed by atoms with Crippen LogP contribution in [0.5, 0.6) is 0 Å². The summed E-state index contributed by atoms with van der Waals surface area (Å²) in [5.41, 5.74) is 2.50. The molecule has 0 bridgehead atoms. The maximum absolute atomic E-state index is 9.66. The number of fused-ring (bicyclic) bond motifs is 1. The number of halogens is 1. The Morgan fingerprint density at radius 3 is 2.72 bits per heavy atom. The van der Waals surface area contributed by atoms with Crippen LogP contribution in [0.15, 0.2) is 22.7 Å². The quantitative estimate of drug-likeness (QED) is 0.740. The molecule has 1 atom stereocenters. The van der Waals surface area contributed by atoms with Crippen molar-refractivity contribution in [3.05, 3.63) is 28.2 Å². The largest absolute Gasteiger partial charge is 0.383 e. The van der Waals surface area contributed by atoms with Crippen molar-refractivity contribution in [3.8, 4) is 0 Å². The molecule has 0 amide bonds. The van der Waals surface area contributed by atoms with Crippen LogP contribution in [0.1, 0.15) is 11.6 Å². The van der Waals surface area contributed by atoms with Crippen molar-refractivity contribution >= 4 is 32.2 Å². The molecule has 1 fully saturated rings. The third-order valence-electron chi connectivity index (χ3n) is 3.71. The highest BCUT2D eigenvalue weighted by molar-refractivity contribution is 9.10. The van der Waals surface area contributed by atoms with Gasteiger partial charge in [0, 0.05) is 29.8 Å². The molecule has 0 spiro atoms. The average Bonchev–Trinajstić information content (AvgIpc) is 2.72. The van der Waals surface area contributed by atoms with Crippen molar-refractivity contribution < 1.29 is 9.11 Å². The van der Waals surface area contributed by atoms with Gasteiger partial charge < -0.3 is 5.32 Å². The van der Waals surface area contributed by atoms with Crippen LogP contribution in [-0.4, -0.2) is 45.1 Å². The summed E-state index contributed by atoms with van der Waals surface area (Å²) >= 11 is 3.48. The van der Waals surface area contributed by atoms with Gasteiger partial charge in [-0.05, 0) is 17.7 Å². The maximum Gasteiger partial charge on any atom is 0.0542 e. The number of nitrogens with one attached hydrogen (secondary N) is 1. The first-order chi connectivity index (χ1) is 8.55. The van der Waals surface area contributed by atoms with Crippen molar-refractivity contribution in [2.75, 3.05) is 36.5 Å². The molecule has 6 heteroatoms. The number of anilines is 1. The Hall–Kier alpha value is -0.270. The maximum atomic E-state index is 9.66. The average molecular weight is 333 g/mol.